The fourth-order valence-corrected chi connectivity index (χ4v) is 4.50. The lowest BCUT2D eigenvalue weighted by Crippen LogP contribution is -2.19. The molecule has 0 unspecified atom stereocenters. The molecular formula is C18H16N4O5S2. The first-order valence-electron chi connectivity index (χ1n) is 8.46. The van der Waals surface area contributed by atoms with E-state index in [0.717, 1.165) is 6.26 Å². The first-order valence-corrected chi connectivity index (χ1v) is 11.2. The Balaban J connectivity index is 1.69. The van der Waals surface area contributed by atoms with Crippen molar-refractivity contribution >= 4 is 43.1 Å². The van der Waals surface area contributed by atoms with E-state index in [0.29, 0.717) is 27.4 Å². The number of nitrogens with zero attached hydrogens (tertiary/aromatic N) is 4. The van der Waals surface area contributed by atoms with E-state index in [1.165, 1.54) is 28.0 Å². The maximum absolute atomic E-state index is 12.6. The van der Waals surface area contributed by atoms with E-state index >= 15 is 0 Å². The van der Waals surface area contributed by atoms with E-state index in [4.69, 9.17) is 4.74 Å². The van der Waals surface area contributed by atoms with Gasteiger partial charge in [0.25, 0.3) is 5.56 Å². The van der Waals surface area contributed by atoms with Crippen LogP contribution in [0.2, 0.25) is 0 Å². The molecule has 1 aromatic carbocycles. The molecule has 0 aliphatic rings. The fourth-order valence-electron chi connectivity index (χ4n) is 3.01. The number of rotatable bonds is 4. The molecule has 3 aromatic heterocycles. The van der Waals surface area contributed by atoms with Crippen LogP contribution in [0, 0.1) is 6.92 Å². The number of hydrogen-bond acceptors (Lipinski definition) is 8. The SMILES string of the molecule is Cc1ccc(S(C)(=O)=O)cc1C(=O)OCc1nnc2n(C)c(=O)c3sccc3n12. The van der Waals surface area contributed by atoms with Crippen molar-refractivity contribution in [3.05, 3.63) is 57.0 Å². The summed E-state index contributed by atoms with van der Waals surface area (Å²) in [7, 11) is -1.86. The summed E-state index contributed by atoms with van der Waals surface area (Å²) in [6, 6.07) is 6.09. The van der Waals surface area contributed by atoms with Gasteiger partial charge < -0.3 is 4.74 Å². The van der Waals surface area contributed by atoms with E-state index in [-0.39, 0.29) is 22.6 Å². The van der Waals surface area contributed by atoms with Gasteiger partial charge in [-0.15, -0.1) is 21.5 Å². The number of thiophene rings is 1. The summed E-state index contributed by atoms with van der Waals surface area (Å²) in [6.07, 6.45) is 1.07. The number of carbonyl (C=O) groups is 1. The van der Waals surface area contributed by atoms with Crippen molar-refractivity contribution in [3.8, 4) is 0 Å². The lowest BCUT2D eigenvalue weighted by atomic mass is 10.1. The van der Waals surface area contributed by atoms with Crippen molar-refractivity contribution in [2.24, 2.45) is 7.05 Å². The maximum Gasteiger partial charge on any atom is 0.338 e. The predicted octanol–water partition coefficient (Wildman–Crippen LogP) is 1.71. The van der Waals surface area contributed by atoms with Crippen LogP contribution in [0.25, 0.3) is 16.0 Å². The highest BCUT2D eigenvalue weighted by Crippen LogP contribution is 2.20. The number of benzene rings is 1. The van der Waals surface area contributed by atoms with Crippen molar-refractivity contribution in [3.63, 3.8) is 0 Å². The van der Waals surface area contributed by atoms with E-state index < -0.39 is 15.8 Å². The summed E-state index contributed by atoms with van der Waals surface area (Å²) in [6.45, 7) is 1.51. The van der Waals surface area contributed by atoms with Crippen LogP contribution in [0.4, 0.5) is 0 Å². The molecule has 4 rings (SSSR count). The molecule has 0 aliphatic heterocycles. The Kier molecular flexibility index (Phi) is 4.50. The monoisotopic (exact) mass is 432 g/mol. The van der Waals surface area contributed by atoms with Gasteiger partial charge in [0.15, 0.2) is 22.3 Å². The first-order chi connectivity index (χ1) is 13.7. The number of fused-ring (bicyclic) bond motifs is 3. The lowest BCUT2D eigenvalue weighted by Gasteiger charge is -2.09. The average molecular weight is 432 g/mol. The Morgan fingerprint density at radius 1 is 1.24 bits per heavy atom. The summed E-state index contributed by atoms with van der Waals surface area (Å²) in [5, 5.41) is 9.88. The largest absolute Gasteiger partial charge is 0.454 e. The van der Waals surface area contributed by atoms with Gasteiger partial charge in [0.05, 0.1) is 16.0 Å². The molecule has 0 spiro atoms. The van der Waals surface area contributed by atoms with E-state index in [9.17, 15) is 18.0 Å². The lowest BCUT2D eigenvalue weighted by molar-refractivity contribution is 0.0460. The highest BCUT2D eigenvalue weighted by molar-refractivity contribution is 7.90. The first kappa shape index (κ1) is 19.3. The standard InChI is InChI=1S/C18H16N4O5S2/c1-10-4-5-11(29(3,25)26)8-12(10)17(24)27-9-14-19-20-18-21(2)16(23)15-13(22(14)18)6-7-28-15/h4-8H,9H2,1-3H3. The van der Waals surface area contributed by atoms with Crippen LogP contribution in [0.3, 0.4) is 0 Å². The Bertz CT molecular complexity index is 1450. The second kappa shape index (κ2) is 6.78. The van der Waals surface area contributed by atoms with Gasteiger partial charge in [0.2, 0.25) is 5.78 Å². The molecule has 0 saturated heterocycles. The summed E-state index contributed by atoms with van der Waals surface area (Å²) < 4.78 is 32.5. The van der Waals surface area contributed by atoms with Crippen molar-refractivity contribution < 1.29 is 17.9 Å². The Morgan fingerprint density at radius 2 is 2.00 bits per heavy atom. The topological polar surface area (TPSA) is 113 Å². The molecule has 4 aromatic rings. The number of aryl methyl sites for hydroxylation is 2. The zero-order chi connectivity index (χ0) is 20.9. The maximum atomic E-state index is 12.6. The highest BCUT2D eigenvalue weighted by Gasteiger charge is 2.19. The smallest absolute Gasteiger partial charge is 0.338 e. The normalized spacial score (nSPS) is 12.0. The van der Waals surface area contributed by atoms with Gasteiger partial charge in [-0.25, -0.2) is 13.2 Å². The predicted molar refractivity (Wildman–Crippen MR) is 107 cm³/mol. The van der Waals surface area contributed by atoms with Crippen LogP contribution in [0.5, 0.6) is 0 Å². The summed E-state index contributed by atoms with van der Waals surface area (Å²) in [4.78, 5) is 25.0. The molecule has 29 heavy (non-hydrogen) atoms. The minimum Gasteiger partial charge on any atom is -0.454 e. The molecular weight excluding hydrogens is 416 g/mol. The number of hydrogen-bond donors (Lipinski definition) is 0. The molecule has 0 N–H and O–H groups in total. The van der Waals surface area contributed by atoms with Crippen LogP contribution in [0.15, 0.2) is 39.3 Å². The number of esters is 1. The van der Waals surface area contributed by atoms with Gasteiger partial charge in [0.1, 0.15) is 4.70 Å². The second-order valence-corrected chi connectivity index (χ2v) is 9.51. The quantitative estimate of drug-likeness (QED) is 0.451. The molecule has 0 saturated carbocycles. The van der Waals surface area contributed by atoms with E-state index in [1.807, 2.05) is 0 Å². The van der Waals surface area contributed by atoms with Crippen LogP contribution >= 0.6 is 11.3 Å². The van der Waals surface area contributed by atoms with Gasteiger partial charge in [-0.3, -0.25) is 13.8 Å². The minimum absolute atomic E-state index is 0.0398. The molecule has 0 amide bonds. The van der Waals surface area contributed by atoms with Crippen molar-refractivity contribution in [1.29, 1.82) is 0 Å². The Labute approximate surface area is 169 Å². The van der Waals surface area contributed by atoms with Crippen molar-refractivity contribution in [2.75, 3.05) is 6.26 Å². The van der Waals surface area contributed by atoms with E-state index in [2.05, 4.69) is 10.2 Å². The van der Waals surface area contributed by atoms with E-state index in [1.54, 1.807) is 35.9 Å². The summed E-state index contributed by atoms with van der Waals surface area (Å²) in [5.74, 6) is 0.0163. The van der Waals surface area contributed by atoms with Crippen LogP contribution < -0.4 is 5.56 Å². The highest BCUT2D eigenvalue weighted by atomic mass is 32.2. The number of sulfone groups is 1. The molecule has 150 valence electrons. The molecule has 0 fully saturated rings. The van der Waals surface area contributed by atoms with Crippen molar-refractivity contribution in [2.45, 2.75) is 18.4 Å². The average Bonchev–Trinajstić information content (AvgIpc) is 3.30. The molecule has 0 bridgehead atoms. The van der Waals surface area contributed by atoms with Gasteiger partial charge in [-0.1, -0.05) is 6.07 Å². The number of aromatic nitrogens is 4. The summed E-state index contributed by atoms with van der Waals surface area (Å²) >= 11 is 1.31. The van der Waals surface area contributed by atoms with Gasteiger partial charge in [-0.05, 0) is 36.1 Å². The fraction of sp³-hybridized carbons (Fsp3) is 0.222. The third-order valence-corrected chi connectivity index (χ3v) is 6.59. The number of carbonyl (C=O) groups excluding carboxylic acids is 1. The third kappa shape index (κ3) is 3.21. The zero-order valence-electron chi connectivity index (χ0n) is 15.7. The second-order valence-electron chi connectivity index (χ2n) is 6.58. The molecule has 0 radical (unpaired) electrons. The zero-order valence-corrected chi connectivity index (χ0v) is 17.4. The van der Waals surface area contributed by atoms with Gasteiger partial charge in [0, 0.05) is 13.3 Å². The van der Waals surface area contributed by atoms with Crippen LogP contribution in [-0.2, 0) is 28.2 Å². The third-order valence-electron chi connectivity index (χ3n) is 4.59. The Hall–Kier alpha value is -3.05. The minimum atomic E-state index is -3.45. The molecule has 3 heterocycles. The van der Waals surface area contributed by atoms with Gasteiger partial charge >= 0.3 is 5.97 Å². The van der Waals surface area contributed by atoms with Gasteiger partial charge in [-0.2, -0.15) is 0 Å². The number of ether oxygens (including phenoxy) is 1. The molecule has 9 nitrogen and oxygen atoms in total. The summed E-state index contributed by atoms with van der Waals surface area (Å²) in [5.41, 5.74) is 1.22. The Morgan fingerprint density at radius 3 is 2.72 bits per heavy atom. The molecule has 11 heteroatoms. The van der Waals surface area contributed by atoms with Crippen molar-refractivity contribution in [1.82, 2.24) is 19.2 Å². The molecule has 0 aliphatic carbocycles. The molecule has 0 atom stereocenters. The van der Waals surface area contributed by atoms with Crippen LogP contribution in [-0.4, -0.2) is 39.8 Å². The van der Waals surface area contributed by atoms with Crippen LogP contribution in [0.1, 0.15) is 21.7 Å².